The van der Waals surface area contributed by atoms with Crippen molar-refractivity contribution in [1.82, 2.24) is 0 Å². The molecule has 0 unspecified atom stereocenters. The van der Waals surface area contributed by atoms with Crippen molar-refractivity contribution in [2.45, 2.75) is 13.8 Å². The van der Waals surface area contributed by atoms with Crippen molar-refractivity contribution >= 4 is 6.29 Å². The maximum absolute atomic E-state index is 9.85. The first-order chi connectivity index (χ1) is 4.12. The number of allylic oxidation sites excluding steroid dienone is 3. The molecule has 0 aliphatic heterocycles. The highest BCUT2D eigenvalue weighted by Gasteiger charge is 2.05. The second-order valence-corrected chi connectivity index (χ2v) is 2.52. The highest BCUT2D eigenvalue weighted by Crippen LogP contribution is 2.16. The molecule has 0 saturated heterocycles. The molecule has 0 bridgehead atoms. The molecule has 0 aliphatic rings. The number of carbonyl (C=O) groups excluding carboxylic acids is 1. The molecule has 0 aromatic rings. The molecule has 1 nitrogen and oxygen atoms in total. The topological polar surface area (TPSA) is 17.1 Å². The van der Waals surface area contributed by atoms with Crippen molar-refractivity contribution in [3.05, 3.63) is 24.8 Å². The minimum atomic E-state index is -0.0547. The van der Waals surface area contributed by atoms with E-state index in [0.717, 1.165) is 6.29 Å². The van der Waals surface area contributed by atoms with Crippen molar-refractivity contribution in [1.29, 1.82) is 0 Å². The van der Waals surface area contributed by atoms with E-state index in [4.69, 9.17) is 0 Å². The Morgan fingerprint density at radius 3 is 2.33 bits per heavy atom. The molecule has 0 rings (SSSR count). The van der Waals surface area contributed by atoms with Gasteiger partial charge in [-0.1, -0.05) is 26.0 Å². The second kappa shape index (κ2) is 3.23. The van der Waals surface area contributed by atoms with Gasteiger partial charge in [-0.05, 0) is 6.08 Å². The van der Waals surface area contributed by atoms with E-state index in [2.05, 4.69) is 6.58 Å². The number of hydrogen-bond acceptors (Lipinski definition) is 1. The number of carbonyl (C=O) groups is 1. The Kier molecular flexibility index (Phi) is 2.93. The lowest BCUT2D eigenvalue weighted by molar-refractivity contribution is -0.104. The summed E-state index contributed by atoms with van der Waals surface area (Å²) in [6.45, 7) is 7.59. The molecule has 0 aromatic carbocycles. The molecule has 0 aliphatic carbocycles. The molecule has 0 atom stereocenters. The van der Waals surface area contributed by atoms with Crippen LogP contribution in [0.5, 0.6) is 0 Å². The van der Waals surface area contributed by atoms with E-state index in [1.807, 2.05) is 19.9 Å². The van der Waals surface area contributed by atoms with Crippen molar-refractivity contribution in [2.24, 2.45) is 5.41 Å². The molecule has 9 heavy (non-hydrogen) atoms. The Morgan fingerprint density at radius 2 is 2.00 bits per heavy atom. The van der Waals surface area contributed by atoms with E-state index < -0.39 is 0 Å². The minimum absolute atomic E-state index is 0.0547. The molecular weight excluding hydrogens is 112 g/mol. The fraction of sp³-hybridized carbons (Fsp3) is 0.375. The van der Waals surface area contributed by atoms with Gasteiger partial charge in [0.2, 0.25) is 0 Å². The summed E-state index contributed by atoms with van der Waals surface area (Å²) in [5.41, 5.74) is -0.0547. The van der Waals surface area contributed by atoms with Crippen LogP contribution < -0.4 is 0 Å². The normalized spacial score (nSPS) is 11.8. The van der Waals surface area contributed by atoms with Crippen LogP contribution in [0.1, 0.15) is 13.8 Å². The summed E-state index contributed by atoms with van der Waals surface area (Å²) in [7, 11) is 0. The summed E-state index contributed by atoms with van der Waals surface area (Å²) in [4.78, 5) is 9.85. The molecule has 0 heterocycles. The van der Waals surface area contributed by atoms with Crippen LogP contribution in [0.3, 0.4) is 0 Å². The molecule has 0 spiro atoms. The molecule has 0 aromatic heterocycles. The van der Waals surface area contributed by atoms with Crippen LogP contribution in [0.2, 0.25) is 0 Å². The van der Waals surface area contributed by atoms with Gasteiger partial charge < -0.3 is 0 Å². The number of rotatable bonds is 3. The Hall–Kier alpha value is -0.850. The molecule has 0 amide bonds. The SMILES string of the molecule is C=CC(C)(C)C=CC=O. The van der Waals surface area contributed by atoms with Gasteiger partial charge in [-0.2, -0.15) is 0 Å². The Labute approximate surface area is 56.1 Å². The van der Waals surface area contributed by atoms with Gasteiger partial charge in [0.05, 0.1) is 0 Å². The van der Waals surface area contributed by atoms with E-state index in [9.17, 15) is 4.79 Å². The van der Waals surface area contributed by atoms with E-state index in [1.165, 1.54) is 6.08 Å². The Bertz CT molecular complexity index is 132. The summed E-state index contributed by atoms with van der Waals surface area (Å²) in [5.74, 6) is 0. The molecule has 1 heteroatoms. The van der Waals surface area contributed by atoms with E-state index in [-0.39, 0.29) is 5.41 Å². The first-order valence-electron chi connectivity index (χ1n) is 2.89. The lowest BCUT2D eigenvalue weighted by atomic mass is 9.94. The molecular formula is C8H12O. The quantitative estimate of drug-likeness (QED) is 0.319. The lowest BCUT2D eigenvalue weighted by Crippen LogP contribution is -2.00. The van der Waals surface area contributed by atoms with E-state index in [1.54, 1.807) is 6.08 Å². The Morgan fingerprint density at radius 1 is 1.44 bits per heavy atom. The monoisotopic (exact) mass is 124 g/mol. The van der Waals surface area contributed by atoms with Gasteiger partial charge in [-0.25, -0.2) is 0 Å². The van der Waals surface area contributed by atoms with Gasteiger partial charge in [-0.3, -0.25) is 4.79 Å². The van der Waals surface area contributed by atoms with Crippen LogP contribution in [0, 0.1) is 5.41 Å². The van der Waals surface area contributed by atoms with Crippen LogP contribution in [0.4, 0.5) is 0 Å². The van der Waals surface area contributed by atoms with Crippen LogP contribution in [-0.2, 0) is 4.79 Å². The fourth-order valence-electron chi connectivity index (χ4n) is 0.355. The number of aldehydes is 1. The first kappa shape index (κ1) is 8.15. The van der Waals surface area contributed by atoms with Crippen LogP contribution >= 0.6 is 0 Å². The molecule has 0 N–H and O–H groups in total. The zero-order valence-electron chi connectivity index (χ0n) is 5.92. The van der Waals surface area contributed by atoms with Gasteiger partial charge >= 0.3 is 0 Å². The van der Waals surface area contributed by atoms with E-state index >= 15 is 0 Å². The van der Waals surface area contributed by atoms with Gasteiger partial charge in [0.25, 0.3) is 0 Å². The average Bonchev–Trinajstić information content (AvgIpc) is 1.84. The van der Waals surface area contributed by atoms with Crippen molar-refractivity contribution in [3.8, 4) is 0 Å². The molecule has 50 valence electrons. The fourth-order valence-corrected chi connectivity index (χ4v) is 0.355. The smallest absolute Gasteiger partial charge is 0.142 e. The summed E-state index contributed by atoms with van der Waals surface area (Å²) in [6, 6.07) is 0. The Balaban J connectivity index is 3.99. The first-order valence-corrected chi connectivity index (χ1v) is 2.89. The summed E-state index contributed by atoms with van der Waals surface area (Å²) < 4.78 is 0. The number of hydrogen-bond donors (Lipinski definition) is 0. The third-order valence-corrected chi connectivity index (χ3v) is 1.13. The van der Waals surface area contributed by atoms with Crippen LogP contribution in [-0.4, -0.2) is 6.29 Å². The molecule has 0 radical (unpaired) electrons. The van der Waals surface area contributed by atoms with Gasteiger partial charge in [0.15, 0.2) is 0 Å². The van der Waals surface area contributed by atoms with Crippen molar-refractivity contribution in [2.75, 3.05) is 0 Å². The summed E-state index contributed by atoms with van der Waals surface area (Å²) in [5, 5.41) is 0. The summed E-state index contributed by atoms with van der Waals surface area (Å²) >= 11 is 0. The zero-order chi connectivity index (χ0) is 7.33. The lowest BCUT2D eigenvalue weighted by Gasteiger charge is -2.11. The highest BCUT2D eigenvalue weighted by atomic mass is 16.1. The predicted octanol–water partition coefficient (Wildman–Crippen LogP) is 1.95. The second-order valence-electron chi connectivity index (χ2n) is 2.52. The van der Waals surface area contributed by atoms with Crippen molar-refractivity contribution < 1.29 is 4.79 Å². The predicted molar refractivity (Wildman–Crippen MR) is 39.2 cm³/mol. The van der Waals surface area contributed by atoms with Crippen molar-refractivity contribution in [3.63, 3.8) is 0 Å². The zero-order valence-corrected chi connectivity index (χ0v) is 5.92. The maximum Gasteiger partial charge on any atom is 0.142 e. The molecule has 0 fully saturated rings. The molecule has 0 saturated carbocycles. The summed E-state index contributed by atoms with van der Waals surface area (Å²) in [6.07, 6.45) is 5.87. The average molecular weight is 124 g/mol. The van der Waals surface area contributed by atoms with Crippen LogP contribution in [0.25, 0.3) is 0 Å². The largest absolute Gasteiger partial charge is 0.299 e. The van der Waals surface area contributed by atoms with Gasteiger partial charge in [-0.15, -0.1) is 6.58 Å². The van der Waals surface area contributed by atoms with Crippen LogP contribution in [0.15, 0.2) is 24.8 Å². The third-order valence-electron chi connectivity index (χ3n) is 1.13. The highest BCUT2D eigenvalue weighted by molar-refractivity contribution is 5.64. The standard InChI is InChI=1S/C8H12O/c1-4-8(2,3)6-5-7-9/h4-7H,1H2,2-3H3. The van der Waals surface area contributed by atoms with E-state index in [0.29, 0.717) is 0 Å². The maximum atomic E-state index is 9.85. The van der Waals surface area contributed by atoms with Gasteiger partial charge in [0, 0.05) is 5.41 Å². The van der Waals surface area contributed by atoms with Gasteiger partial charge in [0.1, 0.15) is 6.29 Å². The third kappa shape index (κ3) is 3.71. The minimum Gasteiger partial charge on any atom is -0.299 e.